The molecule has 0 spiro atoms. The third-order valence-corrected chi connectivity index (χ3v) is 5.13. The second kappa shape index (κ2) is 6.59. The third-order valence-electron chi connectivity index (χ3n) is 5.13. The van der Waals surface area contributed by atoms with E-state index in [9.17, 15) is 0 Å². The molecule has 2 rings (SSSR count). The van der Waals surface area contributed by atoms with Gasteiger partial charge in [0.05, 0.1) is 13.2 Å². The summed E-state index contributed by atoms with van der Waals surface area (Å²) in [6, 6.07) is 8.53. The maximum atomic E-state index is 6.08. The second-order valence-corrected chi connectivity index (χ2v) is 5.92. The molecule has 0 radical (unpaired) electrons. The zero-order valence-electron chi connectivity index (χ0n) is 13.1. The van der Waals surface area contributed by atoms with Crippen molar-refractivity contribution in [3.05, 3.63) is 29.8 Å². The van der Waals surface area contributed by atoms with Gasteiger partial charge in [-0.15, -0.1) is 0 Å². The van der Waals surface area contributed by atoms with Gasteiger partial charge in [0.25, 0.3) is 0 Å². The van der Waals surface area contributed by atoms with Crippen LogP contribution < -0.4 is 10.5 Å². The molecular weight excluding hydrogens is 248 g/mol. The Labute approximate surface area is 123 Å². The Morgan fingerprint density at radius 2 is 2.00 bits per heavy atom. The molecule has 1 aromatic carbocycles. The van der Waals surface area contributed by atoms with Crippen LogP contribution in [0.1, 0.15) is 44.7 Å². The summed E-state index contributed by atoms with van der Waals surface area (Å²) in [6.07, 6.45) is 3.79. The average Bonchev–Trinajstić information content (AvgIpc) is 2.93. The van der Waals surface area contributed by atoms with Gasteiger partial charge < -0.3 is 10.5 Å². The number of likely N-dealkylation sites (tertiary alicyclic amines) is 1. The number of hydrogen-bond donors (Lipinski definition) is 1. The van der Waals surface area contributed by atoms with E-state index in [-0.39, 0.29) is 6.04 Å². The number of hydrogen-bond acceptors (Lipinski definition) is 3. The first-order valence-electron chi connectivity index (χ1n) is 7.76. The lowest BCUT2D eigenvalue weighted by Crippen LogP contribution is -2.34. The van der Waals surface area contributed by atoms with Crippen molar-refractivity contribution < 1.29 is 4.74 Å². The summed E-state index contributed by atoms with van der Waals surface area (Å²) in [7, 11) is 1.73. The normalized spacial score (nSPS) is 20.0. The fourth-order valence-electron chi connectivity index (χ4n) is 3.48. The monoisotopic (exact) mass is 276 g/mol. The van der Waals surface area contributed by atoms with Crippen LogP contribution in [0, 0.1) is 5.41 Å². The molecular formula is C17H28N2O. The highest BCUT2D eigenvalue weighted by atomic mass is 16.5. The van der Waals surface area contributed by atoms with E-state index in [1.54, 1.807) is 7.11 Å². The molecule has 1 unspecified atom stereocenters. The molecule has 1 atom stereocenters. The van der Waals surface area contributed by atoms with Gasteiger partial charge in [-0.3, -0.25) is 4.90 Å². The molecule has 1 aromatic rings. The van der Waals surface area contributed by atoms with Crippen LogP contribution in [-0.4, -0.2) is 31.6 Å². The SMILES string of the molecule is CCC1(CC)CCN(C(CN)c2ccccc2OC)C1. The van der Waals surface area contributed by atoms with Crippen molar-refractivity contribution in [3.63, 3.8) is 0 Å². The fraction of sp³-hybridized carbons (Fsp3) is 0.647. The van der Waals surface area contributed by atoms with E-state index in [1.807, 2.05) is 12.1 Å². The molecule has 2 N–H and O–H groups in total. The summed E-state index contributed by atoms with van der Waals surface area (Å²) in [6.45, 7) is 7.56. The number of rotatable bonds is 6. The summed E-state index contributed by atoms with van der Waals surface area (Å²) in [5.74, 6) is 0.952. The maximum absolute atomic E-state index is 6.08. The van der Waals surface area contributed by atoms with Gasteiger partial charge in [-0.05, 0) is 37.3 Å². The van der Waals surface area contributed by atoms with Crippen LogP contribution in [0.4, 0.5) is 0 Å². The first-order chi connectivity index (χ1) is 9.69. The Kier molecular flexibility index (Phi) is 5.06. The van der Waals surface area contributed by atoms with E-state index in [0.717, 1.165) is 18.8 Å². The Bertz CT molecular complexity index is 429. The van der Waals surface area contributed by atoms with Gasteiger partial charge in [0.15, 0.2) is 0 Å². The molecule has 3 heteroatoms. The highest BCUT2D eigenvalue weighted by Crippen LogP contribution is 2.41. The van der Waals surface area contributed by atoms with E-state index >= 15 is 0 Å². The molecule has 3 nitrogen and oxygen atoms in total. The van der Waals surface area contributed by atoms with Crippen LogP contribution in [0.2, 0.25) is 0 Å². The van der Waals surface area contributed by atoms with Crippen LogP contribution in [-0.2, 0) is 0 Å². The highest BCUT2D eigenvalue weighted by molar-refractivity contribution is 5.36. The van der Waals surface area contributed by atoms with E-state index in [0.29, 0.717) is 12.0 Å². The first kappa shape index (κ1) is 15.3. The van der Waals surface area contributed by atoms with Crippen molar-refractivity contribution >= 4 is 0 Å². The van der Waals surface area contributed by atoms with Crippen LogP contribution in [0.15, 0.2) is 24.3 Å². The first-order valence-corrected chi connectivity index (χ1v) is 7.76. The maximum Gasteiger partial charge on any atom is 0.123 e. The minimum Gasteiger partial charge on any atom is -0.496 e. The van der Waals surface area contributed by atoms with E-state index in [2.05, 4.69) is 30.9 Å². The standard InChI is InChI=1S/C17H28N2O/c1-4-17(5-2)10-11-19(13-17)15(12-18)14-8-6-7-9-16(14)20-3/h6-9,15H,4-5,10-13,18H2,1-3H3. The fourth-order valence-corrected chi connectivity index (χ4v) is 3.48. The van der Waals surface area contributed by atoms with Crippen molar-refractivity contribution in [1.29, 1.82) is 0 Å². The molecule has 112 valence electrons. The molecule has 0 aliphatic carbocycles. The topological polar surface area (TPSA) is 38.5 Å². The van der Waals surface area contributed by atoms with Crippen LogP contribution in [0.3, 0.4) is 0 Å². The van der Waals surface area contributed by atoms with Crippen LogP contribution in [0.5, 0.6) is 5.75 Å². The van der Waals surface area contributed by atoms with Crippen molar-refractivity contribution in [2.24, 2.45) is 11.1 Å². The third kappa shape index (κ3) is 2.84. The summed E-state index contributed by atoms with van der Waals surface area (Å²) in [4.78, 5) is 2.55. The minimum absolute atomic E-state index is 0.270. The van der Waals surface area contributed by atoms with E-state index in [1.165, 1.54) is 24.8 Å². The highest BCUT2D eigenvalue weighted by Gasteiger charge is 2.38. The number of ether oxygens (including phenoxy) is 1. The Morgan fingerprint density at radius 1 is 1.30 bits per heavy atom. The van der Waals surface area contributed by atoms with Crippen LogP contribution >= 0.6 is 0 Å². The smallest absolute Gasteiger partial charge is 0.123 e. The molecule has 1 fully saturated rings. The average molecular weight is 276 g/mol. The molecule has 1 aliphatic rings. The lowest BCUT2D eigenvalue weighted by atomic mass is 9.82. The van der Waals surface area contributed by atoms with Gasteiger partial charge in [-0.1, -0.05) is 32.0 Å². The predicted octanol–water partition coefficient (Wildman–Crippen LogP) is 3.21. The van der Waals surface area contributed by atoms with Crippen molar-refractivity contribution in [3.8, 4) is 5.75 Å². The molecule has 0 saturated carbocycles. The van der Waals surface area contributed by atoms with Crippen LogP contribution in [0.25, 0.3) is 0 Å². The zero-order valence-corrected chi connectivity index (χ0v) is 13.1. The van der Waals surface area contributed by atoms with Gasteiger partial charge in [0, 0.05) is 18.7 Å². The molecule has 1 heterocycles. The van der Waals surface area contributed by atoms with E-state index in [4.69, 9.17) is 10.5 Å². The summed E-state index contributed by atoms with van der Waals surface area (Å²) in [5, 5.41) is 0. The Balaban J connectivity index is 2.21. The predicted molar refractivity (Wildman–Crippen MR) is 84.0 cm³/mol. The number of para-hydroxylation sites is 1. The van der Waals surface area contributed by atoms with Gasteiger partial charge in [0.1, 0.15) is 5.75 Å². The molecule has 1 aliphatic heterocycles. The molecule has 1 saturated heterocycles. The van der Waals surface area contributed by atoms with Crippen molar-refractivity contribution in [2.75, 3.05) is 26.7 Å². The molecule has 0 aromatic heterocycles. The quantitative estimate of drug-likeness (QED) is 0.867. The largest absolute Gasteiger partial charge is 0.496 e. The lowest BCUT2D eigenvalue weighted by molar-refractivity contribution is 0.195. The number of benzene rings is 1. The Hall–Kier alpha value is -1.06. The number of methoxy groups -OCH3 is 1. The number of nitrogens with zero attached hydrogens (tertiary/aromatic N) is 1. The second-order valence-electron chi connectivity index (χ2n) is 5.92. The molecule has 0 amide bonds. The number of nitrogens with two attached hydrogens (primary N) is 1. The van der Waals surface area contributed by atoms with Gasteiger partial charge in [0.2, 0.25) is 0 Å². The summed E-state index contributed by atoms with van der Waals surface area (Å²) in [5.41, 5.74) is 7.79. The minimum atomic E-state index is 0.270. The van der Waals surface area contributed by atoms with Gasteiger partial charge in [-0.2, -0.15) is 0 Å². The zero-order chi connectivity index (χ0) is 14.6. The molecule has 20 heavy (non-hydrogen) atoms. The summed E-state index contributed by atoms with van der Waals surface area (Å²) < 4.78 is 5.51. The van der Waals surface area contributed by atoms with E-state index < -0.39 is 0 Å². The van der Waals surface area contributed by atoms with Crippen molar-refractivity contribution in [1.82, 2.24) is 4.90 Å². The summed E-state index contributed by atoms with van der Waals surface area (Å²) >= 11 is 0. The lowest BCUT2D eigenvalue weighted by Gasteiger charge is -2.31. The van der Waals surface area contributed by atoms with Crippen molar-refractivity contribution in [2.45, 2.75) is 39.2 Å². The Morgan fingerprint density at radius 3 is 2.55 bits per heavy atom. The van der Waals surface area contributed by atoms with Gasteiger partial charge in [-0.25, -0.2) is 0 Å². The molecule has 0 bridgehead atoms. The van der Waals surface area contributed by atoms with Gasteiger partial charge >= 0.3 is 0 Å².